The third-order valence-electron chi connectivity index (χ3n) is 2.70. The molecule has 1 aromatic carbocycles. The van der Waals surface area contributed by atoms with Crippen LogP contribution < -0.4 is 10.5 Å². The zero-order valence-corrected chi connectivity index (χ0v) is 10.8. The Morgan fingerprint density at radius 1 is 1.38 bits per heavy atom. The first-order valence-electron chi connectivity index (χ1n) is 5.72. The lowest BCUT2D eigenvalue weighted by atomic mass is 10.1. The van der Waals surface area contributed by atoms with Crippen LogP contribution in [0.2, 0.25) is 0 Å². The normalized spacial score (nSPS) is 11.9. The Hall–Kier alpha value is -2.39. The molecule has 0 aliphatic rings. The minimum Gasteiger partial charge on any atom is -0.494 e. The average molecular weight is 305 g/mol. The molecule has 10 heteroatoms. The second-order valence-corrected chi connectivity index (χ2v) is 4.15. The molecule has 0 amide bonds. The number of rotatable bonds is 5. The molecule has 0 spiro atoms. The number of nitrogen functional groups attached to an aromatic ring is 1. The van der Waals surface area contributed by atoms with Crippen LogP contribution in [-0.4, -0.2) is 39.7 Å². The van der Waals surface area contributed by atoms with E-state index < -0.39 is 18.9 Å². The molecular weight excluding hydrogens is 294 g/mol. The zero-order valence-electron chi connectivity index (χ0n) is 10.8. The number of nitrogens with two attached hydrogens (primary N) is 1. The number of para-hydroxylation sites is 1. The van der Waals surface area contributed by atoms with Crippen LogP contribution in [0.1, 0.15) is 0 Å². The van der Waals surface area contributed by atoms with E-state index in [0.29, 0.717) is 4.68 Å². The van der Waals surface area contributed by atoms with Crippen molar-refractivity contribution in [1.29, 1.82) is 0 Å². The predicted octanol–water partition coefficient (Wildman–Crippen LogP) is 1.83. The number of ether oxygens (including phenoxy) is 1. The van der Waals surface area contributed by atoms with E-state index in [1.165, 1.54) is 25.3 Å². The molecule has 0 fully saturated rings. The number of alkyl halides is 4. The first-order chi connectivity index (χ1) is 9.86. The van der Waals surface area contributed by atoms with E-state index in [-0.39, 0.29) is 22.8 Å². The summed E-state index contributed by atoms with van der Waals surface area (Å²) < 4.78 is 56.5. The minimum absolute atomic E-state index is 0.139. The second kappa shape index (κ2) is 5.54. The van der Waals surface area contributed by atoms with Gasteiger partial charge in [0.05, 0.1) is 18.4 Å². The van der Waals surface area contributed by atoms with Crippen LogP contribution in [0, 0.1) is 0 Å². The number of methoxy groups -OCH3 is 1. The van der Waals surface area contributed by atoms with Crippen molar-refractivity contribution < 1.29 is 22.3 Å². The molecule has 1 heterocycles. The van der Waals surface area contributed by atoms with E-state index in [1.807, 2.05) is 0 Å². The third kappa shape index (κ3) is 2.88. The standard InChI is InChI=1S/C11H11F4N5O/c1-21-8-6(3-2-4-7(8)16)9-17-18-19-20(9)5-11(14,15)10(12)13/h2-4,10H,5,16H2,1H3. The molecule has 0 aliphatic carbocycles. The van der Waals surface area contributed by atoms with Crippen LogP contribution in [0.5, 0.6) is 5.75 Å². The molecule has 2 rings (SSSR count). The zero-order chi connectivity index (χ0) is 15.6. The smallest absolute Gasteiger partial charge is 0.326 e. The number of tetrazole rings is 1. The van der Waals surface area contributed by atoms with Gasteiger partial charge in [-0.05, 0) is 22.6 Å². The van der Waals surface area contributed by atoms with Gasteiger partial charge >= 0.3 is 12.3 Å². The van der Waals surface area contributed by atoms with Crippen LogP contribution >= 0.6 is 0 Å². The van der Waals surface area contributed by atoms with Crippen molar-refractivity contribution in [2.24, 2.45) is 0 Å². The first kappa shape index (κ1) is 15.0. The van der Waals surface area contributed by atoms with Gasteiger partial charge in [0.1, 0.15) is 6.54 Å². The van der Waals surface area contributed by atoms with Crippen LogP contribution in [0.25, 0.3) is 11.4 Å². The van der Waals surface area contributed by atoms with Gasteiger partial charge < -0.3 is 10.5 Å². The number of benzene rings is 1. The summed E-state index contributed by atoms with van der Waals surface area (Å²) in [6.07, 6.45) is -3.82. The van der Waals surface area contributed by atoms with Gasteiger partial charge in [0, 0.05) is 0 Å². The molecule has 0 saturated carbocycles. The molecule has 0 radical (unpaired) electrons. The van der Waals surface area contributed by atoms with E-state index in [1.54, 1.807) is 0 Å². The lowest BCUT2D eigenvalue weighted by molar-refractivity contribution is -0.139. The molecule has 6 nitrogen and oxygen atoms in total. The molecule has 2 aromatic rings. The average Bonchev–Trinajstić information content (AvgIpc) is 2.85. The molecule has 2 N–H and O–H groups in total. The van der Waals surface area contributed by atoms with Gasteiger partial charge in [-0.3, -0.25) is 0 Å². The van der Waals surface area contributed by atoms with E-state index in [2.05, 4.69) is 15.5 Å². The highest BCUT2D eigenvalue weighted by Gasteiger charge is 2.42. The summed E-state index contributed by atoms with van der Waals surface area (Å²) in [5, 5.41) is 10.1. The molecule has 0 unspecified atom stereocenters. The summed E-state index contributed by atoms with van der Waals surface area (Å²) in [5.74, 6) is -4.22. The highest BCUT2D eigenvalue weighted by atomic mass is 19.3. The maximum atomic E-state index is 13.1. The third-order valence-corrected chi connectivity index (χ3v) is 2.70. The number of nitrogens with zero attached hydrogens (tertiary/aromatic N) is 4. The number of anilines is 1. The maximum Gasteiger partial charge on any atom is 0.326 e. The van der Waals surface area contributed by atoms with Crippen LogP contribution in [0.4, 0.5) is 23.2 Å². The quantitative estimate of drug-likeness (QED) is 0.673. The SMILES string of the molecule is COc1c(N)cccc1-c1nnnn1CC(F)(F)C(F)F. The van der Waals surface area contributed by atoms with Crippen molar-refractivity contribution in [3.63, 3.8) is 0 Å². The molecule has 0 atom stereocenters. The summed E-state index contributed by atoms with van der Waals surface area (Å²) in [6, 6.07) is 4.56. The van der Waals surface area contributed by atoms with Crippen molar-refractivity contribution >= 4 is 5.69 Å². The lowest BCUT2D eigenvalue weighted by Crippen LogP contribution is -2.32. The van der Waals surface area contributed by atoms with Gasteiger partial charge in [-0.25, -0.2) is 13.5 Å². The van der Waals surface area contributed by atoms with E-state index in [0.717, 1.165) is 0 Å². The Morgan fingerprint density at radius 2 is 2.10 bits per heavy atom. The molecule has 114 valence electrons. The monoisotopic (exact) mass is 305 g/mol. The Morgan fingerprint density at radius 3 is 2.71 bits per heavy atom. The van der Waals surface area contributed by atoms with Crippen LogP contribution in [-0.2, 0) is 6.54 Å². The largest absolute Gasteiger partial charge is 0.494 e. The molecule has 0 aliphatic heterocycles. The first-order valence-corrected chi connectivity index (χ1v) is 5.72. The highest BCUT2D eigenvalue weighted by Crippen LogP contribution is 2.34. The van der Waals surface area contributed by atoms with Crippen molar-refractivity contribution in [3.05, 3.63) is 18.2 Å². The predicted molar refractivity (Wildman–Crippen MR) is 65.2 cm³/mol. The van der Waals surface area contributed by atoms with Crippen molar-refractivity contribution in [2.75, 3.05) is 12.8 Å². The molecule has 21 heavy (non-hydrogen) atoms. The summed E-state index contributed by atoms with van der Waals surface area (Å²) in [6.45, 7) is -1.36. The Balaban J connectivity index is 2.44. The Bertz CT molecular complexity index is 631. The van der Waals surface area contributed by atoms with Gasteiger partial charge in [0.15, 0.2) is 11.6 Å². The second-order valence-electron chi connectivity index (χ2n) is 4.15. The fraction of sp³-hybridized carbons (Fsp3) is 0.364. The summed E-state index contributed by atoms with van der Waals surface area (Å²) in [7, 11) is 1.33. The highest BCUT2D eigenvalue weighted by molar-refractivity contribution is 5.73. The van der Waals surface area contributed by atoms with E-state index in [9.17, 15) is 17.6 Å². The number of aromatic nitrogens is 4. The molecule has 0 saturated heterocycles. The molecular formula is C11H11F4N5O. The van der Waals surface area contributed by atoms with Crippen LogP contribution in [0.3, 0.4) is 0 Å². The van der Waals surface area contributed by atoms with Gasteiger partial charge in [0.25, 0.3) is 0 Å². The molecule has 0 bridgehead atoms. The molecule has 1 aromatic heterocycles. The number of hydrogen-bond acceptors (Lipinski definition) is 5. The summed E-state index contributed by atoms with van der Waals surface area (Å²) in [5.41, 5.74) is 6.16. The van der Waals surface area contributed by atoms with Gasteiger partial charge in [-0.2, -0.15) is 8.78 Å². The fourth-order valence-corrected chi connectivity index (χ4v) is 1.73. The van der Waals surface area contributed by atoms with Crippen LogP contribution in [0.15, 0.2) is 18.2 Å². The van der Waals surface area contributed by atoms with Crippen molar-refractivity contribution in [3.8, 4) is 17.1 Å². The summed E-state index contributed by atoms with van der Waals surface area (Å²) >= 11 is 0. The van der Waals surface area contributed by atoms with E-state index >= 15 is 0 Å². The van der Waals surface area contributed by atoms with Gasteiger partial charge in [-0.1, -0.05) is 6.07 Å². The van der Waals surface area contributed by atoms with E-state index in [4.69, 9.17) is 10.5 Å². The fourth-order valence-electron chi connectivity index (χ4n) is 1.73. The topological polar surface area (TPSA) is 78.8 Å². The minimum atomic E-state index is -4.25. The van der Waals surface area contributed by atoms with Gasteiger partial charge in [0.2, 0.25) is 0 Å². The van der Waals surface area contributed by atoms with Crippen molar-refractivity contribution in [2.45, 2.75) is 18.9 Å². The van der Waals surface area contributed by atoms with Gasteiger partial charge in [-0.15, -0.1) is 5.10 Å². The number of halogens is 4. The Kier molecular flexibility index (Phi) is 3.96. The summed E-state index contributed by atoms with van der Waals surface area (Å²) in [4.78, 5) is 0. The Labute approximate surface area is 116 Å². The lowest BCUT2D eigenvalue weighted by Gasteiger charge is -2.16. The van der Waals surface area contributed by atoms with Crippen molar-refractivity contribution in [1.82, 2.24) is 20.2 Å². The maximum absolute atomic E-state index is 13.1. The number of hydrogen-bond donors (Lipinski definition) is 1.